The van der Waals surface area contributed by atoms with Crippen LogP contribution in [0.25, 0.3) is 0 Å². The zero-order valence-electron chi connectivity index (χ0n) is 8.50. The Morgan fingerprint density at radius 3 is 2.79 bits per heavy atom. The van der Waals surface area contributed by atoms with E-state index in [2.05, 4.69) is 5.32 Å². The molecule has 0 amide bonds. The highest BCUT2D eigenvalue weighted by molar-refractivity contribution is 5.57. The molecule has 0 aliphatic rings. The van der Waals surface area contributed by atoms with Gasteiger partial charge in [0.25, 0.3) is 0 Å². The van der Waals surface area contributed by atoms with Crippen molar-refractivity contribution in [3.8, 4) is 0 Å². The molecule has 14 heavy (non-hydrogen) atoms. The first-order valence-electron chi connectivity index (χ1n) is 4.49. The van der Waals surface area contributed by atoms with Gasteiger partial charge in [-0.2, -0.15) is 0 Å². The molecule has 0 fully saturated rings. The highest BCUT2D eigenvalue weighted by Crippen LogP contribution is 2.17. The maximum Gasteiger partial charge on any atom is 0.123 e. The van der Waals surface area contributed by atoms with Gasteiger partial charge in [0, 0.05) is 25.5 Å². The van der Waals surface area contributed by atoms with E-state index in [0.717, 1.165) is 11.4 Å². The van der Waals surface area contributed by atoms with Crippen molar-refractivity contribution in [1.82, 2.24) is 0 Å². The third kappa shape index (κ3) is 2.88. The van der Waals surface area contributed by atoms with Gasteiger partial charge in [0.05, 0.1) is 0 Å². The fourth-order valence-electron chi connectivity index (χ4n) is 1.13. The van der Waals surface area contributed by atoms with E-state index < -0.39 is 12.8 Å². The standard InChI is InChI=1S/C10H16FN3/c1-14(2)9-5-3-4-8(6-9)13-10(12)7-11/h3-6,10,13H,7,12H2,1-2H3. The molecule has 0 aromatic heterocycles. The summed E-state index contributed by atoms with van der Waals surface area (Å²) in [5.41, 5.74) is 7.32. The zero-order valence-corrected chi connectivity index (χ0v) is 8.50. The lowest BCUT2D eigenvalue weighted by molar-refractivity contribution is 0.451. The Hall–Kier alpha value is -1.29. The van der Waals surface area contributed by atoms with Crippen LogP contribution in [0.3, 0.4) is 0 Å². The highest BCUT2D eigenvalue weighted by Gasteiger charge is 2.02. The van der Waals surface area contributed by atoms with Crippen LogP contribution in [0.2, 0.25) is 0 Å². The molecule has 1 atom stereocenters. The topological polar surface area (TPSA) is 41.3 Å². The molecule has 1 aromatic rings. The van der Waals surface area contributed by atoms with Gasteiger partial charge in [0.1, 0.15) is 12.8 Å². The predicted octanol–water partition coefficient (Wildman–Crippen LogP) is 1.42. The van der Waals surface area contributed by atoms with E-state index in [4.69, 9.17) is 5.73 Å². The highest BCUT2D eigenvalue weighted by atomic mass is 19.1. The number of nitrogens with zero attached hydrogens (tertiary/aromatic N) is 1. The van der Waals surface area contributed by atoms with E-state index in [0.29, 0.717) is 0 Å². The summed E-state index contributed by atoms with van der Waals surface area (Å²) < 4.78 is 12.1. The van der Waals surface area contributed by atoms with Gasteiger partial charge >= 0.3 is 0 Å². The summed E-state index contributed by atoms with van der Waals surface area (Å²) in [5.74, 6) is 0. The van der Waals surface area contributed by atoms with Crippen molar-refractivity contribution in [2.75, 3.05) is 31.0 Å². The lowest BCUT2D eigenvalue weighted by atomic mass is 10.2. The zero-order chi connectivity index (χ0) is 10.6. The van der Waals surface area contributed by atoms with E-state index >= 15 is 0 Å². The average molecular weight is 197 g/mol. The van der Waals surface area contributed by atoms with Gasteiger partial charge in [0.2, 0.25) is 0 Å². The largest absolute Gasteiger partial charge is 0.378 e. The minimum Gasteiger partial charge on any atom is -0.378 e. The summed E-state index contributed by atoms with van der Waals surface area (Å²) in [6.07, 6.45) is -0.632. The van der Waals surface area contributed by atoms with Crippen LogP contribution in [0.15, 0.2) is 24.3 Å². The van der Waals surface area contributed by atoms with Crippen LogP contribution in [0.5, 0.6) is 0 Å². The number of hydrogen-bond donors (Lipinski definition) is 2. The first-order chi connectivity index (χ1) is 6.63. The van der Waals surface area contributed by atoms with E-state index in [9.17, 15) is 4.39 Å². The van der Waals surface area contributed by atoms with Gasteiger partial charge in [-0.05, 0) is 18.2 Å². The quantitative estimate of drug-likeness (QED) is 0.717. The Kier molecular flexibility index (Phi) is 3.71. The number of benzene rings is 1. The molecule has 1 aromatic carbocycles. The molecular weight excluding hydrogens is 181 g/mol. The SMILES string of the molecule is CN(C)c1cccc(NC(N)CF)c1. The molecule has 3 N–H and O–H groups in total. The summed E-state index contributed by atoms with van der Waals surface area (Å²) in [6, 6.07) is 7.67. The molecule has 0 radical (unpaired) electrons. The van der Waals surface area contributed by atoms with Gasteiger partial charge in [-0.15, -0.1) is 0 Å². The maximum absolute atomic E-state index is 12.1. The monoisotopic (exact) mass is 197 g/mol. The van der Waals surface area contributed by atoms with Crippen LogP contribution in [0.4, 0.5) is 15.8 Å². The van der Waals surface area contributed by atoms with Crippen LogP contribution in [0, 0.1) is 0 Å². The van der Waals surface area contributed by atoms with Crippen molar-refractivity contribution in [2.45, 2.75) is 6.17 Å². The number of halogens is 1. The Morgan fingerprint density at radius 2 is 2.21 bits per heavy atom. The molecule has 4 heteroatoms. The van der Waals surface area contributed by atoms with Gasteiger partial charge in [-0.3, -0.25) is 0 Å². The summed E-state index contributed by atoms with van der Waals surface area (Å²) >= 11 is 0. The molecule has 78 valence electrons. The number of alkyl halides is 1. The van der Waals surface area contributed by atoms with Crippen LogP contribution in [-0.4, -0.2) is 26.9 Å². The van der Waals surface area contributed by atoms with Crippen molar-refractivity contribution in [3.05, 3.63) is 24.3 Å². The fraction of sp³-hybridized carbons (Fsp3) is 0.400. The number of nitrogens with one attached hydrogen (secondary N) is 1. The summed E-state index contributed by atoms with van der Waals surface area (Å²) in [6.45, 7) is -0.577. The first-order valence-corrected chi connectivity index (χ1v) is 4.49. The number of hydrogen-bond acceptors (Lipinski definition) is 3. The Morgan fingerprint density at radius 1 is 1.50 bits per heavy atom. The van der Waals surface area contributed by atoms with Crippen molar-refractivity contribution < 1.29 is 4.39 Å². The lowest BCUT2D eigenvalue weighted by Crippen LogP contribution is -2.31. The molecular formula is C10H16FN3. The van der Waals surface area contributed by atoms with Crippen LogP contribution < -0.4 is 16.0 Å². The molecule has 0 saturated carbocycles. The van der Waals surface area contributed by atoms with Gasteiger partial charge in [-0.25, -0.2) is 4.39 Å². The van der Waals surface area contributed by atoms with Crippen molar-refractivity contribution >= 4 is 11.4 Å². The second-order valence-corrected chi connectivity index (χ2v) is 3.35. The predicted molar refractivity (Wildman–Crippen MR) is 58.3 cm³/mol. The number of anilines is 2. The summed E-state index contributed by atoms with van der Waals surface area (Å²) in [5, 5.41) is 2.86. The van der Waals surface area contributed by atoms with Crippen molar-refractivity contribution in [1.29, 1.82) is 0 Å². The molecule has 0 aliphatic carbocycles. The van der Waals surface area contributed by atoms with Crippen LogP contribution in [-0.2, 0) is 0 Å². The third-order valence-electron chi connectivity index (χ3n) is 1.88. The molecule has 0 bridgehead atoms. The third-order valence-corrected chi connectivity index (χ3v) is 1.88. The number of nitrogens with two attached hydrogens (primary N) is 1. The van der Waals surface area contributed by atoms with Crippen molar-refractivity contribution in [3.63, 3.8) is 0 Å². The second kappa shape index (κ2) is 4.81. The molecule has 0 saturated heterocycles. The number of rotatable bonds is 4. The normalized spacial score (nSPS) is 12.3. The fourth-order valence-corrected chi connectivity index (χ4v) is 1.13. The van der Waals surface area contributed by atoms with Crippen LogP contribution in [0.1, 0.15) is 0 Å². The Bertz CT molecular complexity index is 288. The lowest BCUT2D eigenvalue weighted by Gasteiger charge is -2.16. The van der Waals surface area contributed by atoms with E-state index in [1.807, 2.05) is 43.3 Å². The minimum absolute atomic E-state index is 0.577. The molecule has 0 aliphatic heterocycles. The molecule has 0 heterocycles. The van der Waals surface area contributed by atoms with Crippen LogP contribution >= 0.6 is 0 Å². The Labute approximate surface area is 83.7 Å². The van der Waals surface area contributed by atoms with E-state index in [1.165, 1.54) is 0 Å². The summed E-state index contributed by atoms with van der Waals surface area (Å²) in [7, 11) is 3.91. The first kappa shape index (κ1) is 10.8. The molecule has 0 spiro atoms. The molecule has 1 unspecified atom stereocenters. The average Bonchev–Trinajstić information content (AvgIpc) is 2.18. The van der Waals surface area contributed by atoms with Crippen molar-refractivity contribution in [2.24, 2.45) is 5.73 Å². The summed E-state index contributed by atoms with van der Waals surface area (Å²) in [4.78, 5) is 1.98. The smallest absolute Gasteiger partial charge is 0.123 e. The molecule has 1 rings (SSSR count). The minimum atomic E-state index is -0.632. The maximum atomic E-state index is 12.1. The second-order valence-electron chi connectivity index (χ2n) is 3.35. The van der Waals surface area contributed by atoms with Gasteiger partial charge in [0.15, 0.2) is 0 Å². The van der Waals surface area contributed by atoms with E-state index in [1.54, 1.807) is 0 Å². The van der Waals surface area contributed by atoms with Gasteiger partial charge < -0.3 is 16.0 Å². The van der Waals surface area contributed by atoms with Gasteiger partial charge in [-0.1, -0.05) is 6.07 Å². The van der Waals surface area contributed by atoms with E-state index in [-0.39, 0.29) is 0 Å². The Balaban J connectivity index is 2.73. The molecule has 3 nitrogen and oxygen atoms in total.